The van der Waals surface area contributed by atoms with E-state index in [1.165, 1.54) is 0 Å². The first-order valence-corrected chi connectivity index (χ1v) is 6.67. The summed E-state index contributed by atoms with van der Waals surface area (Å²) < 4.78 is 12.0. The zero-order chi connectivity index (χ0) is 13.5. The largest absolute Gasteiger partial charge is 0.385 e. The molecule has 0 bridgehead atoms. The van der Waals surface area contributed by atoms with Crippen LogP contribution in [0, 0.1) is 0 Å². The maximum Gasteiger partial charge on any atom is 0.256 e. The lowest BCUT2D eigenvalue weighted by molar-refractivity contribution is 0.0970. The normalized spacial score (nSPS) is 14.4. The van der Waals surface area contributed by atoms with Gasteiger partial charge in [0.05, 0.1) is 25.2 Å². The molecule has 1 aliphatic rings. The lowest BCUT2D eigenvalue weighted by Gasteiger charge is -2.16. The van der Waals surface area contributed by atoms with Crippen LogP contribution in [0.4, 0.5) is 0 Å². The van der Waals surface area contributed by atoms with Crippen molar-refractivity contribution in [2.75, 3.05) is 33.5 Å². The second kappa shape index (κ2) is 7.37. The third-order valence-corrected chi connectivity index (χ3v) is 3.18. The van der Waals surface area contributed by atoms with Gasteiger partial charge in [-0.3, -0.25) is 9.36 Å². The maximum absolute atomic E-state index is 12.2. The standard InChI is InChI=1S/C13H21N3O3/c1-18-6-2-7-19-8-5-16-10-15-12-9-14-4-3-11(12)13(16)17/h10,14H,2-9H2,1H3. The highest BCUT2D eigenvalue weighted by Crippen LogP contribution is 2.05. The number of nitrogens with zero attached hydrogens (tertiary/aromatic N) is 2. The topological polar surface area (TPSA) is 65.4 Å². The number of methoxy groups -OCH3 is 1. The molecule has 0 fully saturated rings. The molecule has 1 aliphatic heterocycles. The van der Waals surface area contributed by atoms with E-state index in [0.717, 1.165) is 30.6 Å². The zero-order valence-electron chi connectivity index (χ0n) is 11.4. The quantitative estimate of drug-likeness (QED) is 0.701. The van der Waals surface area contributed by atoms with Crippen molar-refractivity contribution in [2.45, 2.75) is 25.9 Å². The van der Waals surface area contributed by atoms with Gasteiger partial charge in [-0.2, -0.15) is 0 Å². The van der Waals surface area contributed by atoms with Gasteiger partial charge >= 0.3 is 0 Å². The molecule has 0 atom stereocenters. The molecule has 1 aromatic rings. The molecule has 0 aromatic carbocycles. The Morgan fingerprint density at radius 1 is 1.42 bits per heavy atom. The molecule has 0 saturated heterocycles. The molecule has 1 N–H and O–H groups in total. The van der Waals surface area contributed by atoms with Crippen molar-refractivity contribution in [1.82, 2.24) is 14.9 Å². The fourth-order valence-corrected chi connectivity index (χ4v) is 2.12. The van der Waals surface area contributed by atoms with Crippen LogP contribution in [0.1, 0.15) is 17.7 Å². The van der Waals surface area contributed by atoms with E-state index in [9.17, 15) is 4.79 Å². The molecule has 19 heavy (non-hydrogen) atoms. The second-order valence-electron chi connectivity index (χ2n) is 4.55. The van der Waals surface area contributed by atoms with E-state index >= 15 is 0 Å². The molecule has 6 heteroatoms. The van der Waals surface area contributed by atoms with Gasteiger partial charge < -0.3 is 14.8 Å². The molecule has 2 rings (SSSR count). The van der Waals surface area contributed by atoms with Gasteiger partial charge in [-0.15, -0.1) is 0 Å². The van der Waals surface area contributed by atoms with Crippen LogP contribution >= 0.6 is 0 Å². The number of ether oxygens (including phenoxy) is 2. The molecule has 0 spiro atoms. The molecule has 0 unspecified atom stereocenters. The van der Waals surface area contributed by atoms with Gasteiger partial charge in [0.1, 0.15) is 0 Å². The predicted octanol–water partition coefficient (Wildman–Crippen LogP) is -0.0579. The molecule has 0 amide bonds. The minimum atomic E-state index is 0.0759. The Morgan fingerprint density at radius 3 is 3.16 bits per heavy atom. The molecule has 106 valence electrons. The average Bonchev–Trinajstić information content (AvgIpc) is 2.45. The number of hydrogen-bond donors (Lipinski definition) is 1. The van der Waals surface area contributed by atoms with Crippen LogP contribution in [0.5, 0.6) is 0 Å². The Morgan fingerprint density at radius 2 is 2.32 bits per heavy atom. The molecular weight excluding hydrogens is 246 g/mol. The summed E-state index contributed by atoms with van der Waals surface area (Å²) in [4.78, 5) is 16.5. The number of hydrogen-bond acceptors (Lipinski definition) is 5. The summed E-state index contributed by atoms with van der Waals surface area (Å²) in [6, 6.07) is 0. The number of rotatable bonds is 7. The number of aromatic nitrogens is 2. The predicted molar refractivity (Wildman–Crippen MR) is 71.2 cm³/mol. The summed E-state index contributed by atoms with van der Waals surface area (Å²) in [5.74, 6) is 0. The lowest BCUT2D eigenvalue weighted by Crippen LogP contribution is -2.34. The highest BCUT2D eigenvalue weighted by molar-refractivity contribution is 5.19. The van der Waals surface area contributed by atoms with Crippen molar-refractivity contribution >= 4 is 0 Å². The van der Waals surface area contributed by atoms with Gasteiger partial charge in [0.15, 0.2) is 0 Å². The van der Waals surface area contributed by atoms with Crippen LogP contribution < -0.4 is 10.9 Å². The summed E-state index contributed by atoms with van der Waals surface area (Å²) in [6.07, 6.45) is 3.25. The highest BCUT2D eigenvalue weighted by atomic mass is 16.5. The molecular formula is C13H21N3O3. The van der Waals surface area contributed by atoms with E-state index in [-0.39, 0.29) is 5.56 Å². The first-order valence-electron chi connectivity index (χ1n) is 6.67. The fraction of sp³-hybridized carbons (Fsp3) is 0.692. The number of fused-ring (bicyclic) bond motifs is 1. The zero-order valence-corrected chi connectivity index (χ0v) is 11.4. The third-order valence-electron chi connectivity index (χ3n) is 3.18. The fourth-order valence-electron chi connectivity index (χ4n) is 2.12. The Hall–Kier alpha value is -1.24. The van der Waals surface area contributed by atoms with E-state index in [1.54, 1.807) is 18.0 Å². The maximum atomic E-state index is 12.2. The van der Waals surface area contributed by atoms with E-state index in [2.05, 4.69) is 10.3 Å². The molecule has 0 aliphatic carbocycles. The van der Waals surface area contributed by atoms with Gasteiger partial charge in [0.25, 0.3) is 5.56 Å². The summed E-state index contributed by atoms with van der Waals surface area (Å²) in [5.41, 5.74) is 1.81. The van der Waals surface area contributed by atoms with Crippen molar-refractivity contribution in [3.8, 4) is 0 Å². The summed E-state index contributed by atoms with van der Waals surface area (Å²) >= 11 is 0. The van der Waals surface area contributed by atoms with Crippen molar-refractivity contribution in [1.29, 1.82) is 0 Å². The van der Waals surface area contributed by atoms with Gasteiger partial charge in [-0.25, -0.2) is 4.98 Å². The highest BCUT2D eigenvalue weighted by Gasteiger charge is 2.14. The van der Waals surface area contributed by atoms with E-state index in [1.807, 2.05) is 0 Å². The van der Waals surface area contributed by atoms with Crippen molar-refractivity contribution in [3.05, 3.63) is 27.9 Å². The van der Waals surface area contributed by atoms with Crippen LogP contribution in [0.2, 0.25) is 0 Å². The summed E-state index contributed by atoms with van der Waals surface area (Å²) in [5, 5.41) is 3.21. The Labute approximate surface area is 112 Å². The Balaban J connectivity index is 1.85. The summed E-state index contributed by atoms with van der Waals surface area (Å²) in [7, 11) is 1.67. The van der Waals surface area contributed by atoms with Crippen LogP contribution in [-0.4, -0.2) is 43.0 Å². The monoisotopic (exact) mass is 267 g/mol. The minimum Gasteiger partial charge on any atom is -0.385 e. The van der Waals surface area contributed by atoms with Crippen LogP contribution in [0.15, 0.2) is 11.1 Å². The van der Waals surface area contributed by atoms with Crippen molar-refractivity contribution in [3.63, 3.8) is 0 Å². The third kappa shape index (κ3) is 3.86. The Bertz CT molecular complexity index is 459. The van der Waals surface area contributed by atoms with Gasteiger partial charge in [-0.05, 0) is 19.4 Å². The van der Waals surface area contributed by atoms with E-state index < -0.39 is 0 Å². The second-order valence-corrected chi connectivity index (χ2v) is 4.55. The number of nitrogens with one attached hydrogen (secondary N) is 1. The van der Waals surface area contributed by atoms with Gasteiger partial charge in [0, 0.05) is 32.4 Å². The minimum absolute atomic E-state index is 0.0759. The molecule has 1 aromatic heterocycles. The van der Waals surface area contributed by atoms with E-state index in [4.69, 9.17) is 9.47 Å². The van der Waals surface area contributed by atoms with Crippen LogP contribution in [-0.2, 0) is 29.0 Å². The smallest absolute Gasteiger partial charge is 0.256 e. The van der Waals surface area contributed by atoms with Crippen molar-refractivity contribution < 1.29 is 9.47 Å². The van der Waals surface area contributed by atoms with Crippen molar-refractivity contribution in [2.24, 2.45) is 0 Å². The SMILES string of the molecule is COCCCOCCn1cnc2c(c1=O)CCNC2. The molecule has 0 radical (unpaired) electrons. The lowest BCUT2D eigenvalue weighted by atomic mass is 10.1. The van der Waals surface area contributed by atoms with E-state index in [0.29, 0.717) is 32.9 Å². The Kier molecular flexibility index (Phi) is 5.50. The van der Waals surface area contributed by atoms with Crippen LogP contribution in [0.3, 0.4) is 0 Å². The van der Waals surface area contributed by atoms with Crippen LogP contribution in [0.25, 0.3) is 0 Å². The first kappa shape index (κ1) is 14.2. The average molecular weight is 267 g/mol. The van der Waals surface area contributed by atoms with Gasteiger partial charge in [-0.1, -0.05) is 0 Å². The molecule has 2 heterocycles. The first-order chi connectivity index (χ1) is 9.33. The summed E-state index contributed by atoms with van der Waals surface area (Å²) in [6.45, 7) is 3.99. The molecule has 6 nitrogen and oxygen atoms in total. The molecule has 0 saturated carbocycles. The van der Waals surface area contributed by atoms with Gasteiger partial charge in [0.2, 0.25) is 0 Å².